The lowest BCUT2D eigenvalue weighted by molar-refractivity contribution is 0.126. The molecule has 0 aliphatic heterocycles. The maximum absolute atomic E-state index is 12.9. The minimum atomic E-state index is -4.02. The Morgan fingerprint density at radius 3 is 1.30 bits per heavy atom. The van der Waals surface area contributed by atoms with E-state index < -0.39 is 32.3 Å². The molecule has 16 nitrogen and oxygen atoms in total. The van der Waals surface area contributed by atoms with Crippen molar-refractivity contribution in [1.82, 2.24) is 20.3 Å². The molecule has 0 aromatic heterocycles. The van der Waals surface area contributed by atoms with E-state index in [9.17, 15) is 47.5 Å². The molecule has 0 aliphatic rings. The number of nitrogens with one attached hydrogen (secondary N) is 4. The minimum Gasteiger partial charge on any atom is -0.508 e. The molecule has 0 radical (unpaired) electrons. The van der Waals surface area contributed by atoms with E-state index in [1.54, 1.807) is 48.5 Å². The smallest absolute Gasteiger partial charge is 0.229 e. The number of rotatable bonds is 39. The second-order valence-corrected chi connectivity index (χ2v) is 21.3. The van der Waals surface area contributed by atoms with Gasteiger partial charge in [0.05, 0.1) is 36.9 Å². The lowest BCUT2D eigenvalue weighted by Crippen LogP contribution is -2.42. The molecule has 2 unspecified atom stereocenters. The lowest BCUT2D eigenvalue weighted by atomic mass is 10.1. The van der Waals surface area contributed by atoms with Crippen molar-refractivity contribution in [2.45, 2.75) is 127 Å². The number of aryl methyl sites for hydroxylation is 2. The van der Waals surface area contributed by atoms with Crippen LogP contribution in [-0.2, 0) is 67.1 Å². The molecule has 390 valence electrons. The van der Waals surface area contributed by atoms with Crippen LogP contribution in [0.2, 0.25) is 0 Å². The normalized spacial score (nSPS) is 12.9. The molecule has 4 aromatic carbocycles. The van der Waals surface area contributed by atoms with Gasteiger partial charge in [-0.1, -0.05) is 92.8 Å². The number of ether oxygens (including phenoxy) is 2. The monoisotopic (exact) mass is 1010 g/mol. The second kappa shape index (κ2) is 32.9. The van der Waals surface area contributed by atoms with Crippen molar-refractivity contribution in [3.8, 4) is 11.5 Å². The van der Waals surface area contributed by atoms with Crippen LogP contribution in [0.4, 0.5) is 0 Å². The molecule has 0 spiro atoms. The van der Waals surface area contributed by atoms with Crippen LogP contribution < -0.4 is 20.3 Å². The summed E-state index contributed by atoms with van der Waals surface area (Å²) in [7, 11) is -8.04. The summed E-state index contributed by atoms with van der Waals surface area (Å²) in [5.74, 6) is -0.732. The summed E-state index contributed by atoms with van der Waals surface area (Å²) in [5.41, 5.74) is 5.15. The van der Waals surface area contributed by atoms with Crippen LogP contribution in [0.15, 0.2) is 84.9 Å². The van der Waals surface area contributed by atoms with Gasteiger partial charge in [-0.15, -0.1) is 9.66 Å². The van der Waals surface area contributed by atoms with E-state index in [1.165, 1.54) is 12.1 Å². The Morgan fingerprint density at radius 2 is 0.843 bits per heavy atom. The Labute approximate surface area is 416 Å². The highest BCUT2D eigenvalue weighted by molar-refractivity contribution is 7.91. The molecule has 0 aliphatic carbocycles. The van der Waals surface area contributed by atoms with Gasteiger partial charge < -0.3 is 50.7 Å². The highest BCUT2D eigenvalue weighted by Crippen LogP contribution is 2.24. The number of hydrogen-bond donors (Lipinski definition) is 10. The zero-order chi connectivity index (χ0) is 50.5. The fourth-order valence-corrected chi connectivity index (χ4v) is 10.3. The van der Waals surface area contributed by atoms with Crippen LogP contribution in [0.5, 0.6) is 11.5 Å². The molecule has 0 fully saturated rings. The van der Waals surface area contributed by atoms with Crippen molar-refractivity contribution in [1.29, 1.82) is 0 Å². The van der Waals surface area contributed by atoms with Gasteiger partial charge in [-0.05, 0) is 129 Å². The van der Waals surface area contributed by atoms with Crippen LogP contribution in [0.25, 0.3) is 0 Å². The minimum absolute atomic E-state index is 0.0131. The van der Waals surface area contributed by atoms with Crippen LogP contribution in [0.3, 0.4) is 0 Å². The van der Waals surface area contributed by atoms with Gasteiger partial charge in [0.2, 0.25) is 20.0 Å². The number of hydrazine groups is 1. The number of benzene rings is 4. The fourth-order valence-electron chi connectivity index (χ4n) is 7.89. The quantitative estimate of drug-likeness (QED) is 0.0182. The number of hydrogen-bond acceptors (Lipinski definition) is 14. The first kappa shape index (κ1) is 58.5. The van der Waals surface area contributed by atoms with Crippen molar-refractivity contribution < 1.29 is 56.9 Å². The van der Waals surface area contributed by atoms with Crippen LogP contribution in [-0.4, -0.2) is 100 Å². The molecule has 2 atom stereocenters. The average molecular weight is 1020 g/mol. The summed E-state index contributed by atoms with van der Waals surface area (Å²) < 4.78 is 63.2. The molecule has 0 saturated carbocycles. The summed E-state index contributed by atoms with van der Waals surface area (Å²) >= 11 is 0. The second-order valence-electron chi connectivity index (χ2n) is 17.9. The molecule has 0 bridgehead atoms. The Balaban J connectivity index is 0.979. The van der Waals surface area contributed by atoms with E-state index >= 15 is 0 Å². The van der Waals surface area contributed by atoms with E-state index in [2.05, 4.69) is 20.3 Å². The molecule has 0 saturated heterocycles. The zero-order valence-electron chi connectivity index (χ0n) is 40.6. The predicted molar refractivity (Wildman–Crippen MR) is 273 cm³/mol. The predicted octanol–water partition coefficient (Wildman–Crippen LogP) is 5.98. The summed E-state index contributed by atoms with van der Waals surface area (Å²) in [6.07, 6.45) is 11.8. The fraction of sp³-hybridized carbons (Fsp3) is 0.538. The van der Waals surface area contributed by atoms with Crippen LogP contribution in [0.1, 0.15) is 134 Å². The summed E-state index contributed by atoms with van der Waals surface area (Å²) in [4.78, 5) is 4.11. The third-order valence-corrected chi connectivity index (χ3v) is 14.2. The molecular formula is C52H78N4O12S2. The molecule has 0 heterocycles. The molecule has 4 rings (SSSR count). The highest BCUT2D eigenvalue weighted by atomic mass is 32.2. The third kappa shape index (κ3) is 23.9. The maximum Gasteiger partial charge on any atom is 0.229 e. The first-order valence-electron chi connectivity index (χ1n) is 24.7. The van der Waals surface area contributed by atoms with E-state index in [1.807, 2.05) is 24.3 Å². The van der Waals surface area contributed by atoms with Crippen molar-refractivity contribution >= 4 is 20.0 Å². The number of aromatic hydroxyl groups is 2. The van der Waals surface area contributed by atoms with Gasteiger partial charge in [0, 0.05) is 50.6 Å². The Bertz CT molecular complexity index is 2160. The zero-order valence-corrected chi connectivity index (χ0v) is 42.2. The molecule has 0 amide bonds. The van der Waals surface area contributed by atoms with Gasteiger partial charge in [0.1, 0.15) is 11.5 Å². The first-order valence-corrected chi connectivity index (χ1v) is 28.0. The van der Waals surface area contributed by atoms with Gasteiger partial charge in [0.15, 0.2) is 0 Å². The number of phenols is 2. The lowest BCUT2D eigenvalue weighted by Gasteiger charge is -2.14. The molecule has 10 N–H and O–H groups in total. The van der Waals surface area contributed by atoms with E-state index in [0.717, 1.165) is 108 Å². The van der Waals surface area contributed by atoms with Crippen molar-refractivity contribution in [3.63, 3.8) is 0 Å². The molecule has 70 heavy (non-hydrogen) atoms. The number of unbranched alkanes of at least 4 members (excludes halogenated alkanes) is 8. The van der Waals surface area contributed by atoms with E-state index in [0.29, 0.717) is 79.3 Å². The number of aliphatic hydroxyl groups is 4. The standard InChI is InChI=1S/C52H78N4O12S2/c57-37-47-33-45(21-23-49(47)59)51(61)35-53-25-7-2-1-4-9-28-68-30-14-20-42-17-13-19-44(32-42)40-70(65,66)56-55-69(63,64)39-43-18-12-16-41(31-43)15-6-11-29-67-27-10-5-3-8-26-54-36-52(62)46-22-24-50(60)48(34-46)38-58/h12-13,16-19,21-24,31-34,51-62H,1-11,14-15,20,25-30,35-40H2. The van der Waals surface area contributed by atoms with Crippen molar-refractivity contribution in [2.24, 2.45) is 0 Å². The SMILES string of the molecule is O=S(=O)(Cc1cccc(CCCCOCCCCCCNCC(O)c2ccc(O)c(CO)c2)c1)NNS(=O)(=O)Cc1cccc(CCCOCCCCCCCNCC(O)c2ccc(O)c(CO)c2)c1. The van der Waals surface area contributed by atoms with E-state index in [4.69, 9.17) is 9.47 Å². The van der Waals surface area contributed by atoms with Crippen molar-refractivity contribution in [2.75, 3.05) is 52.6 Å². The summed E-state index contributed by atoms with van der Waals surface area (Å²) in [6, 6.07) is 24.0. The van der Waals surface area contributed by atoms with Gasteiger partial charge in [-0.3, -0.25) is 0 Å². The van der Waals surface area contributed by atoms with Crippen LogP contribution >= 0.6 is 0 Å². The largest absolute Gasteiger partial charge is 0.508 e. The highest BCUT2D eigenvalue weighted by Gasteiger charge is 2.18. The summed E-state index contributed by atoms with van der Waals surface area (Å²) in [5, 5.41) is 65.3. The Hall–Kier alpha value is -4.02. The Morgan fingerprint density at radius 1 is 0.457 bits per heavy atom. The van der Waals surface area contributed by atoms with Gasteiger partial charge in [-0.2, -0.15) is 0 Å². The molecule has 4 aromatic rings. The van der Waals surface area contributed by atoms with Gasteiger partial charge in [0.25, 0.3) is 0 Å². The van der Waals surface area contributed by atoms with Gasteiger partial charge >= 0.3 is 0 Å². The Kier molecular flexibility index (Phi) is 27.5. The molecule has 18 heteroatoms. The number of sulfonamides is 2. The number of aliphatic hydroxyl groups excluding tert-OH is 4. The van der Waals surface area contributed by atoms with Crippen molar-refractivity contribution in [3.05, 3.63) is 129 Å². The maximum atomic E-state index is 12.9. The average Bonchev–Trinajstić information content (AvgIpc) is 3.34. The summed E-state index contributed by atoms with van der Waals surface area (Å²) in [6.45, 7) is 4.38. The van der Waals surface area contributed by atoms with E-state index in [-0.39, 0.29) is 36.2 Å². The third-order valence-electron chi connectivity index (χ3n) is 11.8. The van der Waals surface area contributed by atoms with Crippen LogP contribution in [0, 0.1) is 0 Å². The van der Waals surface area contributed by atoms with Gasteiger partial charge in [-0.25, -0.2) is 16.8 Å². The molecular weight excluding hydrogens is 937 g/mol. The first-order chi connectivity index (χ1) is 33.8. The topological polar surface area (TPSA) is 256 Å².